The van der Waals surface area contributed by atoms with Gasteiger partial charge in [-0.15, -0.1) is 0 Å². The molecule has 0 N–H and O–H groups in total. The van der Waals surface area contributed by atoms with E-state index in [9.17, 15) is 13.2 Å². The molecule has 2 saturated carbocycles. The summed E-state index contributed by atoms with van der Waals surface area (Å²) in [6.45, 7) is 2.11. The molecule has 0 radical (unpaired) electrons. The van der Waals surface area contributed by atoms with Crippen molar-refractivity contribution >= 4 is 0 Å². The van der Waals surface area contributed by atoms with Gasteiger partial charge in [0.1, 0.15) is 0 Å². The molecule has 3 heteroatoms. The van der Waals surface area contributed by atoms with Crippen LogP contribution in [0.2, 0.25) is 0 Å². The van der Waals surface area contributed by atoms with E-state index in [1.807, 2.05) is 0 Å². The molecule has 0 saturated heterocycles. The van der Waals surface area contributed by atoms with Gasteiger partial charge in [0.25, 0.3) is 0 Å². The van der Waals surface area contributed by atoms with Crippen molar-refractivity contribution in [1.29, 1.82) is 0 Å². The summed E-state index contributed by atoms with van der Waals surface area (Å²) in [6.07, 6.45) is 16.6. The summed E-state index contributed by atoms with van der Waals surface area (Å²) >= 11 is 0. The Labute approximate surface area is 158 Å². The van der Waals surface area contributed by atoms with Gasteiger partial charge >= 0.3 is 0 Å². The van der Waals surface area contributed by atoms with E-state index in [1.54, 1.807) is 0 Å². The van der Waals surface area contributed by atoms with E-state index >= 15 is 0 Å². The van der Waals surface area contributed by atoms with Gasteiger partial charge in [-0.1, -0.05) is 25.0 Å². The molecule has 0 atom stereocenters. The Bertz CT molecular complexity index is 593. The largest absolute Gasteiger partial charge is 0.204 e. The highest BCUT2D eigenvalue weighted by atomic mass is 19.2. The highest BCUT2D eigenvalue weighted by Gasteiger charge is 2.30. The lowest BCUT2D eigenvalue weighted by Gasteiger charge is -2.37. The second-order valence-corrected chi connectivity index (χ2v) is 8.39. The first-order valence-corrected chi connectivity index (χ1v) is 10.3. The Hall–Kier alpha value is -1.25. The van der Waals surface area contributed by atoms with Crippen LogP contribution >= 0.6 is 0 Å². The van der Waals surface area contributed by atoms with Crippen molar-refractivity contribution in [3.63, 3.8) is 0 Å². The zero-order valence-corrected chi connectivity index (χ0v) is 15.8. The predicted octanol–water partition coefficient (Wildman–Crippen LogP) is 7.72. The van der Waals surface area contributed by atoms with Gasteiger partial charge < -0.3 is 0 Å². The third kappa shape index (κ3) is 4.92. The molecule has 0 nitrogen and oxygen atoms in total. The van der Waals surface area contributed by atoms with Gasteiger partial charge in [0.2, 0.25) is 0 Å². The van der Waals surface area contributed by atoms with E-state index in [-0.39, 0.29) is 2.85 Å². The molecule has 3 rings (SSSR count). The van der Waals surface area contributed by atoms with Crippen LogP contribution in [0.3, 0.4) is 0 Å². The summed E-state index contributed by atoms with van der Waals surface area (Å²) < 4.78 is 39.7. The summed E-state index contributed by atoms with van der Waals surface area (Å²) in [4.78, 5) is 0. The summed E-state index contributed by atoms with van der Waals surface area (Å²) in [6, 6.07) is 2.29. The molecule has 2 aliphatic carbocycles. The third-order valence-electron chi connectivity index (χ3n) is 6.72. The summed E-state index contributed by atoms with van der Waals surface area (Å²) in [5, 5.41) is 0. The number of hydrogen-bond acceptors (Lipinski definition) is 0. The van der Waals surface area contributed by atoms with Crippen LogP contribution in [-0.4, -0.2) is 0 Å². The molecule has 1 aromatic carbocycles. The number of hydrogen-bond donors (Lipinski definition) is 0. The SMILES string of the molecule is C/C=C/C1CCC(C2CCC(CCc3cc(F)c(F)c(F)c3)CC2)CC1.[HH].[HH]. The quantitative estimate of drug-likeness (QED) is 0.369. The molecule has 26 heavy (non-hydrogen) atoms. The monoisotopic (exact) mass is 368 g/mol. The van der Waals surface area contributed by atoms with Crippen molar-refractivity contribution < 1.29 is 16.0 Å². The minimum atomic E-state index is -1.36. The van der Waals surface area contributed by atoms with Crippen molar-refractivity contribution in [3.8, 4) is 0 Å². The van der Waals surface area contributed by atoms with Crippen molar-refractivity contribution in [1.82, 2.24) is 0 Å². The van der Waals surface area contributed by atoms with E-state index in [1.165, 1.54) is 51.4 Å². The fraction of sp³-hybridized carbons (Fsp3) is 0.652. The fourth-order valence-corrected chi connectivity index (χ4v) is 5.15. The number of halogens is 3. The molecule has 148 valence electrons. The molecule has 0 bridgehead atoms. The third-order valence-corrected chi connectivity index (χ3v) is 6.72. The minimum Gasteiger partial charge on any atom is -0.204 e. The number of aryl methyl sites for hydroxylation is 1. The predicted molar refractivity (Wildman–Crippen MR) is 105 cm³/mol. The van der Waals surface area contributed by atoms with Gasteiger partial charge in [-0.05, 0) is 99.7 Å². The Morgan fingerprint density at radius 2 is 1.42 bits per heavy atom. The fourth-order valence-electron chi connectivity index (χ4n) is 5.15. The normalized spacial score (nSPS) is 30.0. The smallest absolute Gasteiger partial charge is 0.194 e. The summed E-state index contributed by atoms with van der Waals surface area (Å²) in [7, 11) is 0. The van der Waals surface area contributed by atoms with Crippen LogP contribution < -0.4 is 0 Å². The van der Waals surface area contributed by atoms with Crippen LogP contribution in [-0.2, 0) is 6.42 Å². The van der Waals surface area contributed by atoms with Crippen molar-refractivity contribution in [3.05, 3.63) is 47.3 Å². The molecule has 0 aliphatic heterocycles. The summed E-state index contributed by atoms with van der Waals surface area (Å²) in [5.41, 5.74) is 0.575. The minimum absolute atomic E-state index is 0. The molecular formula is C23H35F3. The van der Waals surface area contributed by atoms with Gasteiger partial charge in [-0.25, -0.2) is 13.2 Å². The standard InChI is InChI=1S/C23H31F3.2H2/c1-2-3-16-6-10-19(11-7-16)20-12-8-17(9-13-20)4-5-18-14-21(24)23(26)22(25)15-18;;/h2-3,14-17,19-20H,4-13H2,1H3;2*1H/b3-2+;;. The van der Waals surface area contributed by atoms with Crippen molar-refractivity contribution in [2.45, 2.75) is 71.1 Å². The van der Waals surface area contributed by atoms with E-state index in [0.29, 0.717) is 17.9 Å². The van der Waals surface area contributed by atoms with E-state index < -0.39 is 17.5 Å². The topological polar surface area (TPSA) is 0 Å². The Morgan fingerprint density at radius 1 is 0.885 bits per heavy atom. The highest BCUT2D eigenvalue weighted by molar-refractivity contribution is 5.19. The number of allylic oxidation sites excluding steroid dienone is 2. The molecule has 0 amide bonds. The van der Waals surface area contributed by atoms with Gasteiger partial charge in [0.15, 0.2) is 17.5 Å². The molecule has 0 spiro atoms. The Morgan fingerprint density at radius 3 is 1.96 bits per heavy atom. The van der Waals surface area contributed by atoms with Crippen LogP contribution in [0.1, 0.15) is 73.1 Å². The maximum absolute atomic E-state index is 13.3. The van der Waals surface area contributed by atoms with Gasteiger partial charge in [-0.2, -0.15) is 0 Å². The lowest BCUT2D eigenvalue weighted by Crippen LogP contribution is -2.25. The maximum Gasteiger partial charge on any atom is 0.194 e. The zero-order chi connectivity index (χ0) is 18.5. The lowest BCUT2D eigenvalue weighted by atomic mass is 9.68. The van der Waals surface area contributed by atoms with Gasteiger partial charge in [-0.3, -0.25) is 0 Å². The first-order valence-electron chi connectivity index (χ1n) is 10.3. The maximum atomic E-state index is 13.3. The van der Waals surface area contributed by atoms with E-state index in [0.717, 1.165) is 36.3 Å². The molecule has 2 aliphatic rings. The molecule has 0 heterocycles. The summed E-state index contributed by atoms with van der Waals surface area (Å²) in [5.74, 6) is -0.296. The van der Waals surface area contributed by atoms with Crippen molar-refractivity contribution in [2.75, 3.05) is 0 Å². The van der Waals surface area contributed by atoms with E-state index in [4.69, 9.17) is 0 Å². The van der Waals surface area contributed by atoms with Gasteiger partial charge in [0, 0.05) is 2.85 Å². The second-order valence-electron chi connectivity index (χ2n) is 8.39. The molecule has 1 aromatic rings. The molecule has 0 unspecified atom stereocenters. The molecular weight excluding hydrogens is 333 g/mol. The van der Waals surface area contributed by atoms with Crippen LogP contribution in [0, 0.1) is 41.1 Å². The molecule has 2 fully saturated rings. The number of benzene rings is 1. The second kappa shape index (κ2) is 9.10. The average Bonchev–Trinajstić information content (AvgIpc) is 2.66. The Balaban J connectivity index is 0.00000196. The van der Waals surface area contributed by atoms with Crippen LogP contribution in [0.4, 0.5) is 13.2 Å². The first kappa shape index (κ1) is 19.5. The van der Waals surface area contributed by atoms with Crippen LogP contribution in [0.25, 0.3) is 0 Å². The Kier molecular flexibility index (Phi) is 6.83. The lowest BCUT2D eigenvalue weighted by molar-refractivity contribution is 0.152. The van der Waals surface area contributed by atoms with Crippen molar-refractivity contribution in [2.24, 2.45) is 23.7 Å². The molecule has 0 aromatic heterocycles. The van der Waals surface area contributed by atoms with E-state index in [2.05, 4.69) is 19.1 Å². The number of rotatable bonds is 5. The van der Waals surface area contributed by atoms with Gasteiger partial charge in [0.05, 0.1) is 0 Å². The highest BCUT2D eigenvalue weighted by Crippen LogP contribution is 2.42. The van der Waals surface area contributed by atoms with Crippen LogP contribution in [0.5, 0.6) is 0 Å². The zero-order valence-electron chi connectivity index (χ0n) is 15.8. The first-order chi connectivity index (χ1) is 12.6. The average molecular weight is 369 g/mol. The van der Waals surface area contributed by atoms with Crippen LogP contribution in [0.15, 0.2) is 24.3 Å².